The van der Waals surface area contributed by atoms with Crippen LogP contribution in [0.5, 0.6) is 0 Å². The first-order chi connectivity index (χ1) is 16.4. The van der Waals surface area contributed by atoms with Crippen molar-refractivity contribution in [2.24, 2.45) is 41.4 Å². The Bertz CT molecular complexity index is 800. The summed E-state index contributed by atoms with van der Waals surface area (Å²) in [6.45, 7) is 18.0. The molecule has 0 spiro atoms. The van der Waals surface area contributed by atoms with E-state index in [0.29, 0.717) is 23.7 Å². The molecule has 0 saturated carbocycles. The molecule has 1 aliphatic rings. The third-order valence-electron chi connectivity index (χ3n) is 8.03. The largest absolute Gasteiger partial charge is 0.385 e. The molecule has 35 heavy (non-hydrogen) atoms. The van der Waals surface area contributed by atoms with E-state index in [9.17, 15) is 14.7 Å². The third kappa shape index (κ3) is 10.4. The molecule has 0 amide bonds. The summed E-state index contributed by atoms with van der Waals surface area (Å²) in [7, 11) is 0. The van der Waals surface area contributed by atoms with E-state index in [-0.39, 0.29) is 29.3 Å². The number of allylic oxidation sites excluding steroid dienone is 7. The topological polar surface area (TPSA) is 54.4 Å². The lowest BCUT2D eigenvalue weighted by Crippen LogP contribution is -2.34. The predicted molar refractivity (Wildman–Crippen MR) is 149 cm³/mol. The van der Waals surface area contributed by atoms with E-state index in [2.05, 4.69) is 58.1 Å². The van der Waals surface area contributed by atoms with E-state index in [4.69, 9.17) is 0 Å². The molecule has 0 radical (unpaired) electrons. The zero-order valence-electron chi connectivity index (χ0n) is 23.9. The van der Waals surface area contributed by atoms with Crippen molar-refractivity contribution in [1.29, 1.82) is 0 Å². The molecule has 0 aromatic rings. The van der Waals surface area contributed by atoms with E-state index in [1.165, 1.54) is 18.4 Å². The van der Waals surface area contributed by atoms with Gasteiger partial charge in [-0.2, -0.15) is 0 Å². The van der Waals surface area contributed by atoms with E-state index < -0.39 is 6.10 Å². The van der Waals surface area contributed by atoms with E-state index >= 15 is 0 Å². The van der Waals surface area contributed by atoms with Crippen LogP contribution in [0.4, 0.5) is 0 Å². The van der Waals surface area contributed by atoms with Crippen LogP contribution in [0.3, 0.4) is 0 Å². The van der Waals surface area contributed by atoms with Crippen molar-refractivity contribution < 1.29 is 14.7 Å². The van der Waals surface area contributed by atoms with Crippen molar-refractivity contribution in [2.75, 3.05) is 0 Å². The van der Waals surface area contributed by atoms with Crippen molar-refractivity contribution in [2.45, 2.75) is 101 Å². The Hall–Kier alpha value is -1.74. The lowest BCUT2D eigenvalue weighted by Gasteiger charge is -2.32. The number of hydrogen-bond acceptors (Lipinski definition) is 3. The molecule has 198 valence electrons. The maximum Gasteiger partial charge on any atom is 0.164 e. The summed E-state index contributed by atoms with van der Waals surface area (Å²) in [4.78, 5) is 24.8. The zero-order chi connectivity index (χ0) is 26.7. The Morgan fingerprint density at radius 2 is 1.69 bits per heavy atom. The van der Waals surface area contributed by atoms with Gasteiger partial charge < -0.3 is 5.11 Å². The maximum atomic E-state index is 13.2. The number of ketones is 2. The number of rotatable bonds is 14. The van der Waals surface area contributed by atoms with Gasteiger partial charge in [0.15, 0.2) is 5.78 Å². The fraction of sp³-hybridized carbons (Fsp3) is 0.688. The second-order valence-corrected chi connectivity index (χ2v) is 11.3. The van der Waals surface area contributed by atoms with Crippen LogP contribution >= 0.6 is 0 Å². The molecule has 0 bridgehead atoms. The molecule has 2 unspecified atom stereocenters. The summed E-state index contributed by atoms with van der Waals surface area (Å²) in [5.74, 6) is 0.887. The van der Waals surface area contributed by atoms with Crippen LogP contribution in [0.15, 0.2) is 47.6 Å². The first-order valence-electron chi connectivity index (χ1n) is 13.8. The molecule has 0 aliphatic heterocycles. The molecule has 3 nitrogen and oxygen atoms in total. The van der Waals surface area contributed by atoms with Crippen LogP contribution < -0.4 is 0 Å². The van der Waals surface area contributed by atoms with Gasteiger partial charge in [-0.1, -0.05) is 89.1 Å². The normalized spacial score (nSPS) is 23.4. The van der Waals surface area contributed by atoms with Crippen LogP contribution in [-0.4, -0.2) is 22.8 Å². The van der Waals surface area contributed by atoms with Crippen LogP contribution in [0.25, 0.3) is 0 Å². The standard InChI is InChI=1S/C32H52O3/c1-10-21(2)18-22(3)16-17-30(29-14-12-11-13-15-29)25(6)20-26(7)31(34)32(35)27(8)23(4)19-24(5)28(9)33/h12,14,16-19,22,24-27,29-30,32,35H,10-11,13,15,20H2,1-9H3/b17-16-,21-18+,23-19+/t22-,24-,25+,26-,27?,29?,30+,32-/m1/s1. The lowest BCUT2D eigenvalue weighted by atomic mass is 9.73. The molecule has 0 fully saturated rings. The average Bonchev–Trinajstić information content (AvgIpc) is 2.82. The highest BCUT2D eigenvalue weighted by atomic mass is 16.3. The second-order valence-electron chi connectivity index (χ2n) is 11.3. The highest BCUT2D eigenvalue weighted by molar-refractivity contribution is 5.85. The molecule has 3 heteroatoms. The van der Waals surface area contributed by atoms with Crippen molar-refractivity contribution >= 4 is 11.6 Å². The summed E-state index contributed by atoms with van der Waals surface area (Å²) in [5, 5.41) is 10.9. The predicted octanol–water partition coefficient (Wildman–Crippen LogP) is 7.91. The number of Topliss-reactive ketones (excluding diaryl/α,β-unsaturated/α-hetero) is 2. The van der Waals surface area contributed by atoms with Crippen molar-refractivity contribution in [3.63, 3.8) is 0 Å². The van der Waals surface area contributed by atoms with Gasteiger partial charge in [0.1, 0.15) is 11.9 Å². The number of aliphatic hydroxyl groups excluding tert-OH is 1. The van der Waals surface area contributed by atoms with Gasteiger partial charge >= 0.3 is 0 Å². The molecule has 0 heterocycles. The highest BCUT2D eigenvalue weighted by Gasteiger charge is 2.31. The molecule has 1 aliphatic carbocycles. The molecule has 8 atom stereocenters. The van der Waals surface area contributed by atoms with Crippen molar-refractivity contribution in [3.8, 4) is 0 Å². The Morgan fingerprint density at radius 3 is 2.23 bits per heavy atom. The summed E-state index contributed by atoms with van der Waals surface area (Å²) in [6, 6.07) is 0. The minimum Gasteiger partial charge on any atom is -0.385 e. The van der Waals surface area contributed by atoms with Crippen molar-refractivity contribution in [1.82, 2.24) is 0 Å². The summed E-state index contributed by atoms with van der Waals surface area (Å²) in [5.41, 5.74) is 2.31. The van der Waals surface area contributed by atoms with E-state index in [1.807, 2.05) is 33.8 Å². The minimum absolute atomic E-state index is 0.0880. The molecular weight excluding hydrogens is 432 g/mol. The van der Waals surface area contributed by atoms with Gasteiger partial charge in [0.25, 0.3) is 0 Å². The minimum atomic E-state index is -1.04. The monoisotopic (exact) mass is 484 g/mol. The quantitative estimate of drug-likeness (QED) is 0.255. The van der Waals surface area contributed by atoms with Gasteiger partial charge in [0, 0.05) is 17.8 Å². The van der Waals surface area contributed by atoms with Crippen LogP contribution in [0, 0.1) is 41.4 Å². The van der Waals surface area contributed by atoms with E-state index in [0.717, 1.165) is 24.8 Å². The number of hydrogen-bond donors (Lipinski definition) is 1. The van der Waals surface area contributed by atoms with Crippen molar-refractivity contribution in [3.05, 3.63) is 47.6 Å². The molecule has 1 rings (SSSR count). The summed E-state index contributed by atoms with van der Waals surface area (Å²) < 4.78 is 0. The summed E-state index contributed by atoms with van der Waals surface area (Å²) in [6.07, 6.45) is 18.0. The Morgan fingerprint density at radius 1 is 1.03 bits per heavy atom. The highest BCUT2D eigenvalue weighted by Crippen LogP contribution is 2.35. The van der Waals surface area contributed by atoms with Gasteiger partial charge in [-0.05, 0) is 76.5 Å². The second kappa shape index (κ2) is 15.4. The maximum absolute atomic E-state index is 13.2. The first-order valence-corrected chi connectivity index (χ1v) is 13.8. The van der Waals surface area contributed by atoms with Gasteiger partial charge in [0.05, 0.1) is 0 Å². The van der Waals surface area contributed by atoms with Gasteiger partial charge in [-0.25, -0.2) is 0 Å². The van der Waals surface area contributed by atoms with Gasteiger partial charge in [-0.15, -0.1) is 0 Å². The van der Waals surface area contributed by atoms with E-state index in [1.54, 1.807) is 6.92 Å². The molecule has 1 N–H and O–H groups in total. The van der Waals surface area contributed by atoms with Gasteiger partial charge in [-0.3, -0.25) is 9.59 Å². The first kappa shape index (κ1) is 31.3. The van der Waals surface area contributed by atoms with Crippen LogP contribution in [0.1, 0.15) is 94.4 Å². The Kier molecular flexibility index (Phi) is 13.8. The number of aliphatic hydroxyl groups is 1. The molecule has 0 aromatic carbocycles. The third-order valence-corrected chi connectivity index (χ3v) is 8.03. The number of carbonyl (C=O) groups is 2. The molecule has 0 saturated heterocycles. The average molecular weight is 485 g/mol. The fourth-order valence-corrected chi connectivity index (χ4v) is 5.12. The Balaban J connectivity index is 2.95. The molecular formula is C32H52O3. The van der Waals surface area contributed by atoms with Crippen LogP contribution in [-0.2, 0) is 9.59 Å². The summed E-state index contributed by atoms with van der Waals surface area (Å²) >= 11 is 0. The number of carbonyl (C=O) groups excluding carboxylic acids is 2. The Labute approximate surface area is 215 Å². The zero-order valence-corrected chi connectivity index (χ0v) is 23.9. The smallest absolute Gasteiger partial charge is 0.164 e. The molecule has 0 aromatic heterocycles. The van der Waals surface area contributed by atoms with Gasteiger partial charge in [0.2, 0.25) is 0 Å². The van der Waals surface area contributed by atoms with Crippen LogP contribution in [0.2, 0.25) is 0 Å². The SMILES string of the molecule is CC/C(C)=C/[C@H](C)/C=C\[C@H](C1C=CCCC1)[C@@H](C)C[C@@H](C)C(=O)[C@H](O)C(C)/C(C)=C/[C@@H](C)C(C)=O. The lowest BCUT2D eigenvalue weighted by molar-refractivity contribution is -0.133. The fourth-order valence-electron chi connectivity index (χ4n) is 5.12.